The molecule has 43 heavy (non-hydrogen) atoms. The van der Waals surface area contributed by atoms with Crippen molar-refractivity contribution in [2.75, 3.05) is 38.2 Å². The van der Waals surface area contributed by atoms with E-state index in [1.807, 2.05) is 0 Å². The first-order chi connectivity index (χ1) is 20.4. The third-order valence-corrected chi connectivity index (χ3v) is 7.48. The zero-order valence-corrected chi connectivity index (χ0v) is 24.0. The second-order valence-electron chi connectivity index (χ2n) is 10.1. The maximum Gasteiger partial charge on any atom is 0.435 e. The van der Waals surface area contributed by atoms with Crippen molar-refractivity contribution in [3.05, 3.63) is 52.7 Å². The molecule has 3 aromatic rings. The van der Waals surface area contributed by atoms with E-state index >= 15 is 0 Å². The molecule has 2 aromatic heterocycles. The van der Waals surface area contributed by atoms with Gasteiger partial charge in [-0.2, -0.15) is 18.3 Å². The molecule has 2 aliphatic rings. The molecule has 0 radical (unpaired) electrons. The number of nitrogens with two attached hydrogens (primary N) is 1. The first kappa shape index (κ1) is 31.9. The summed E-state index contributed by atoms with van der Waals surface area (Å²) < 4.78 is 55.2. The fourth-order valence-electron chi connectivity index (χ4n) is 4.48. The predicted octanol–water partition coefficient (Wildman–Crippen LogP) is 3.59. The summed E-state index contributed by atoms with van der Waals surface area (Å²) >= 11 is 6.30. The number of rotatable bonds is 7. The van der Waals surface area contributed by atoms with Crippen LogP contribution < -0.4 is 11.1 Å². The monoisotopic (exact) mass is 626 g/mol. The van der Waals surface area contributed by atoms with E-state index in [0.29, 0.717) is 32.2 Å². The van der Waals surface area contributed by atoms with Crippen molar-refractivity contribution >= 4 is 35.5 Å². The van der Waals surface area contributed by atoms with Crippen molar-refractivity contribution in [2.24, 2.45) is 12.8 Å². The molecule has 11 nitrogen and oxygen atoms in total. The fourth-order valence-corrected chi connectivity index (χ4v) is 4.75. The molecule has 3 N–H and O–H groups in total. The molecule has 1 saturated carbocycles. The van der Waals surface area contributed by atoms with Crippen LogP contribution in [0.4, 0.5) is 23.2 Å². The first-order valence-corrected chi connectivity index (χ1v) is 13.9. The maximum absolute atomic E-state index is 13.5. The molecule has 1 aromatic carbocycles. The SMILES string of the molecule is Cn1c(-c2cn(CCF)nc2C(F)(F)F)cnc1C(=O)Nc1ccc(C(=O)N2CCN(C=O)CC2)c(Cl)c1.NC1CCC1. The van der Waals surface area contributed by atoms with Crippen LogP contribution in [0.2, 0.25) is 5.02 Å². The van der Waals surface area contributed by atoms with E-state index in [4.69, 9.17) is 17.3 Å². The van der Waals surface area contributed by atoms with Gasteiger partial charge in [-0.25, -0.2) is 9.37 Å². The minimum atomic E-state index is -4.80. The van der Waals surface area contributed by atoms with Crippen LogP contribution in [0, 0.1) is 0 Å². The van der Waals surface area contributed by atoms with Gasteiger partial charge in [0.1, 0.15) is 6.67 Å². The number of carbonyl (C=O) groups is 3. The van der Waals surface area contributed by atoms with Gasteiger partial charge in [0.05, 0.1) is 34.6 Å². The Bertz CT molecular complexity index is 1460. The number of anilines is 1. The fraction of sp³-hybridized carbons (Fsp3) is 0.444. The summed E-state index contributed by atoms with van der Waals surface area (Å²) in [6.45, 7) is 0.276. The number of aryl methyl sites for hydroxylation is 1. The van der Waals surface area contributed by atoms with Crippen LogP contribution in [0.25, 0.3) is 11.3 Å². The Morgan fingerprint density at radius 1 is 1.19 bits per heavy atom. The zero-order chi connectivity index (χ0) is 31.3. The number of piperazine rings is 1. The van der Waals surface area contributed by atoms with Crippen molar-refractivity contribution in [1.82, 2.24) is 29.1 Å². The predicted molar refractivity (Wildman–Crippen MR) is 150 cm³/mol. The van der Waals surface area contributed by atoms with E-state index < -0.39 is 24.5 Å². The number of imidazole rings is 1. The second kappa shape index (κ2) is 13.5. The normalized spacial score (nSPS) is 15.4. The van der Waals surface area contributed by atoms with Crippen molar-refractivity contribution in [3.8, 4) is 11.3 Å². The van der Waals surface area contributed by atoms with E-state index in [1.54, 1.807) is 9.80 Å². The van der Waals surface area contributed by atoms with Gasteiger partial charge in [0.2, 0.25) is 6.41 Å². The molecule has 0 spiro atoms. The van der Waals surface area contributed by atoms with Gasteiger partial charge in [-0.05, 0) is 31.0 Å². The Kier molecular flexibility index (Phi) is 10.1. The van der Waals surface area contributed by atoms with E-state index in [9.17, 15) is 31.9 Å². The molecule has 16 heteroatoms. The van der Waals surface area contributed by atoms with E-state index in [-0.39, 0.29) is 45.8 Å². The van der Waals surface area contributed by atoms with Crippen molar-refractivity contribution < 1.29 is 31.9 Å². The number of benzene rings is 1. The molecule has 1 saturated heterocycles. The molecule has 2 fully saturated rings. The minimum absolute atomic E-state index is 0.0405. The molecular weight excluding hydrogens is 596 g/mol. The molecular formula is C27H31ClF4N8O3. The van der Waals surface area contributed by atoms with Crippen LogP contribution in [0.1, 0.15) is 45.9 Å². The maximum atomic E-state index is 13.5. The summed E-state index contributed by atoms with van der Waals surface area (Å²) in [5, 5.41) is 6.08. The van der Waals surface area contributed by atoms with Gasteiger partial charge in [-0.3, -0.25) is 19.1 Å². The number of hydrogen-bond acceptors (Lipinski definition) is 6. The van der Waals surface area contributed by atoms with Gasteiger partial charge in [0, 0.05) is 51.2 Å². The number of halogens is 5. The lowest BCUT2D eigenvalue weighted by Crippen LogP contribution is -2.48. The van der Waals surface area contributed by atoms with Crippen molar-refractivity contribution in [3.63, 3.8) is 0 Å². The van der Waals surface area contributed by atoms with Crippen molar-refractivity contribution in [1.29, 1.82) is 0 Å². The summed E-state index contributed by atoms with van der Waals surface area (Å²) in [5.41, 5.74) is 4.22. The minimum Gasteiger partial charge on any atom is -0.342 e. The average Bonchev–Trinajstić information content (AvgIpc) is 3.55. The van der Waals surface area contributed by atoms with Crippen molar-refractivity contribution in [2.45, 2.75) is 38.0 Å². The lowest BCUT2D eigenvalue weighted by molar-refractivity contribution is -0.141. The number of alkyl halides is 4. The Hall–Kier alpha value is -3.98. The number of nitrogens with zero attached hydrogens (tertiary/aromatic N) is 6. The lowest BCUT2D eigenvalue weighted by Gasteiger charge is -2.32. The number of aromatic nitrogens is 4. The third kappa shape index (κ3) is 7.51. The largest absolute Gasteiger partial charge is 0.435 e. The van der Waals surface area contributed by atoms with Crippen LogP contribution >= 0.6 is 11.6 Å². The topological polar surface area (TPSA) is 131 Å². The molecule has 5 rings (SSSR count). The molecule has 1 aliphatic heterocycles. The molecule has 0 unspecified atom stereocenters. The van der Waals surface area contributed by atoms with Gasteiger partial charge >= 0.3 is 6.18 Å². The summed E-state index contributed by atoms with van der Waals surface area (Å²) in [7, 11) is 1.36. The molecule has 0 atom stereocenters. The highest BCUT2D eigenvalue weighted by molar-refractivity contribution is 6.34. The molecule has 1 aliphatic carbocycles. The average molecular weight is 627 g/mol. The zero-order valence-electron chi connectivity index (χ0n) is 23.3. The van der Waals surface area contributed by atoms with Gasteiger partial charge in [-0.1, -0.05) is 18.0 Å². The van der Waals surface area contributed by atoms with Crippen LogP contribution in [-0.4, -0.2) is 86.3 Å². The third-order valence-electron chi connectivity index (χ3n) is 7.17. The smallest absolute Gasteiger partial charge is 0.342 e. The van der Waals surface area contributed by atoms with Gasteiger partial charge in [-0.15, -0.1) is 0 Å². The number of carbonyl (C=O) groups excluding carboxylic acids is 3. The van der Waals surface area contributed by atoms with Crippen LogP contribution in [0.15, 0.2) is 30.6 Å². The highest BCUT2D eigenvalue weighted by atomic mass is 35.5. The highest BCUT2D eigenvalue weighted by Gasteiger charge is 2.38. The lowest BCUT2D eigenvalue weighted by atomic mass is 9.95. The number of hydrogen-bond donors (Lipinski definition) is 2. The quantitative estimate of drug-likeness (QED) is 0.304. The van der Waals surface area contributed by atoms with Gasteiger partial charge in [0.25, 0.3) is 11.8 Å². The van der Waals surface area contributed by atoms with Crippen LogP contribution in [-0.2, 0) is 24.6 Å². The number of nitrogens with one attached hydrogen (secondary N) is 1. The Balaban J connectivity index is 0.000000767. The Morgan fingerprint density at radius 3 is 2.40 bits per heavy atom. The van der Waals surface area contributed by atoms with E-state index in [2.05, 4.69) is 15.4 Å². The van der Waals surface area contributed by atoms with E-state index in [0.717, 1.165) is 23.5 Å². The summed E-state index contributed by atoms with van der Waals surface area (Å²) in [4.78, 5) is 43.6. The molecule has 3 amide bonds. The molecule has 3 heterocycles. The standard InChI is InChI=1S/C23H22ClF4N7O3.C4H9N/c1-32-18(16-12-35(5-4-25)31-19(16)23(26,27)28)11-29-20(32)21(37)30-14-2-3-15(17(24)10-14)22(38)34-8-6-33(13-36)7-9-34;5-4-2-1-3-4/h2-3,10-13H,4-9H2,1H3,(H,30,37);4H,1-3,5H2. The van der Waals surface area contributed by atoms with Gasteiger partial charge < -0.3 is 25.4 Å². The van der Waals surface area contributed by atoms with Gasteiger partial charge in [0.15, 0.2) is 11.5 Å². The summed E-state index contributed by atoms with van der Waals surface area (Å²) in [5.74, 6) is -1.25. The Labute approximate surface area is 249 Å². The number of amides is 3. The highest BCUT2D eigenvalue weighted by Crippen LogP contribution is 2.36. The molecule has 232 valence electrons. The summed E-state index contributed by atoms with van der Waals surface area (Å²) in [6, 6.07) is 4.85. The second-order valence-corrected chi connectivity index (χ2v) is 10.5. The summed E-state index contributed by atoms with van der Waals surface area (Å²) in [6.07, 6.45) is 1.96. The van der Waals surface area contributed by atoms with Crippen LogP contribution in [0.3, 0.4) is 0 Å². The first-order valence-electron chi connectivity index (χ1n) is 13.5. The Morgan fingerprint density at radius 2 is 1.86 bits per heavy atom. The van der Waals surface area contributed by atoms with Crippen LogP contribution in [0.5, 0.6) is 0 Å². The van der Waals surface area contributed by atoms with E-state index in [1.165, 1.54) is 49.1 Å². The molecule has 0 bridgehead atoms.